The maximum absolute atomic E-state index is 13.5. The van der Waals surface area contributed by atoms with Gasteiger partial charge in [0.1, 0.15) is 17.6 Å². The highest BCUT2D eigenvalue weighted by Gasteiger charge is 2.41. The molecule has 0 radical (unpaired) electrons. The van der Waals surface area contributed by atoms with Crippen LogP contribution in [0.15, 0.2) is 54.9 Å². The van der Waals surface area contributed by atoms with Gasteiger partial charge in [0.15, 0.2) is 5.78 Å². The van der Waals surface area contributed by atoms with Gasteiger partial charge in [-0.3, -0.25) is 4.79 Å². The third-order valence-corrected chi connectivity index (χ3v) is 4.78. The normalized spacial score (nSPS) is 18.3. The summed E-state index contributed by atoms with van der Waals surface area (Å²) < 4.78 is 18.5. The zero-order valence-corrected chi connectivity index (χ0v) is 15.1. The Morgan fingerprint density at radius 2 is 2.00 bits per heavy atom. The molecule has 142 valence electrons. The molecule has 2 aromatic carbocycles. The number of carbonyl (C=O) groups excluding carboxylic acids is 2. The molecule has 1 aliphatic heterocycles. The number of halogens is 1. The van der Waals surface area contributed by atoms with Crippen molar-refractivity contribution in [1.29, 1.82) is 0 Å². The Kier molecular flexibility index (Phi) is 4.65. The zero-order valence-electron chi connectivity index (χ0n) is 15.1. The van der Waals surface area contributed by atoms with Crippen molar-refractivity contribution in [3.05, 3.63) is 83.2 Å². The second-order valence-electron chi connectivity index (χ2n) is 6.44. The second kappa shape index (κ2) is 7.26. The van der Waals surface area contributed by atoms with Gasteiger partial charge in [-0.1, -0.05) is 18.2 Å². The maximum Gasteiger partial charge on any atom is 0.338 e. The fraction of sp³-hybridized carbons (Fsp3) is 0.190. The number of carbonyl (C=O) groups is 2. The summed E-state index contributed by atoms with van der Waals surface area (Å²) in [5.41, 5.74) is 1.77. The van der Waals surface area contributed by atoms with Crippen LogP contribution in [0.25, 0.3) is 0 Å². The van der Waals surface area contributed by atoms with E-state index in [1.807, 2.05) is 0 Å². The standard InChI is InChI=1S/C21H18FN3O3/c1-2-28-21(27)14-4-3-5-15-16(14)19(26)17(20-23-10-11-24-20)18(25-15)12-6-8-13(22)9-7-12/h3-11,17-18,25H,2H2,1H3,(H,23,24). The Morgan fingerprint density at radius 1 is 1.21 bits per heavy atom. The lowest BCUT2D eigenvalue weighted by molar-refractivity contribution is 0.0522. The van der Waals surface area contributed by atoms with Crippen molar-refractivity contribution in [1.82, 2.24) is 9.97 Å². The molecule has 0 aliphatic carbocycles. The highest BCUT2D eigenvalue weighted by atomic mass is 19.1. The zero-order chi connectivity index (χ0) is 19.7. The number of H-pyrrole nitrogens is 1. The number of imidazole rings is 1. The molecule has 2 unspecified atom stereocenters. The van der Waals surface area contributed by atoms with Crippen LogP contribution in [0.5, 0.6) is 0 Å². The summed E-state index contributed by atoms with van der Waals surface area (Å²) >= 11 is 0. The summed E-state index contributed by atoms with van der Waals surface area (Å²) in [7, 11) is 0. The van der Waals surface area contributed by atoms with Crippen molar-refractivity contribution in [2.75, 3.05) is 11.9 Å². The molecule has 0 amide bonds. The lowest BCUT2D eigenvalue weighted by Crippen LogP contribution is -2.34. The maximum atomic E-state index is 13.5. The van der Waals surface area contributed by atoms with Crippen LogP contribution < -0.4 is 5.32 Å². The van der Waals surface area contributed by atoms with Gasteiger partial charge in [0.05, 0.1) is 23.8 Å². The van der Waals surface area contributed by atoms with Gasteiger partial charge < -0.3 is 15.0 Å². The van der Waals surface area contributed by atoms with Gasteiger partial charge in [-0.25, -0.2) is 14.2 Å². The number of rotatable bonds is 4. The van der Waals surface area contributed by atoms with E-state index in [4.69, 9.17) is 4.74 Å². The number of ether oxygens (including phenoxy) is 1. The third kappa shape index (κ3) is 3.05. The molecule has 0 saturated heterocycles. The van der Waals surface area contributed by atoms with Crippen LogP contribution in [0.2, 0.25) is 0 Å². The first kappa shape index (κ1) is 17.9. The molecule has 0 spiro atoms. The molecular formula is C21H18FN3O3. The number of aromatic amines is 1. The van der Waals surface area contributed by atoms with Gasteiger partial charge in [-0.2, -0.15) is 0 Å². The monoisotopic (exact) mass is 379 g/mol. The minimum Gasteiger partial charge on any atom is -0.462 e. The first-order valence-electron chi connectivity index (χ1n) is 8.95. The van der Waals surface area contributed by atoms with E-state index in [9.17, 15) is 14.0 Å². The molecule has 1 aliphatic rings. The summed E-state index contributed by atoms with van der Waals surface area (Å²) in [4.78, 5) is 33.1. The molecule has 0 saturated carbocycles. The fourth-order valence-electron chi connectivity index (χ4n) is 3.55. The Hall–Kier alpha value is -3.48. The van der Waals surface area contributed by atoms with E-state index in [1.165, 1.54) is 12.1 Å². The van der Waals surface area contributed by atoms with E-state index in [0.717, 1.165) is 5.56 Å². The Morgan fingerprint density at radius 3 is 2.68 bits per heavy atom. The van der Waals surface area contributed by atoms with Gasteiger partial charge in [0, 0.05) is 18.1 Å². The summed E-state index contributed by atoms with van der Waals surface area (Å²) in [5, 5.41) is 3.33. The van der Waals surface area contributed by atoms with Gasteiger partial charge >= 0.3 is 5.97 Å². The molecular weight excluding hydrogens is 361 g/mol. The van der Waals surface area contributed by atoms with Crippen LogP contribution in [-0.2, 0) is 4.74 Å². The molecule has 0 bridgehead atoms. The number of fused-ring (bicyclic) bond motifs is 1. The van der Waals surface area contributed by atoms with Crippen molar-refractivity contribution >= 4 is 17.4 Å². The van der Waals surface area contributed by atoms with Gasteiger partial charge in [-0.15, -0.1) is 0 Å². The molecule has 2 atom stereocenters. The van der Waals surface area contributed by atoms with E-state index < -0.39 is 17.9 Å². The number of Topliss-reactive ketones (excluding diaryl/α,β-unsaturated/α-hetero) is 1. The number of ketones is 1. The molecule has 6 nitrogen and oxygen atoms in total. The van der Waals surface area contributed by atoms with Crippen LogP contribution in [0.4, 0.5) is 10.1 Å². The number of hydrogen-bond acceptors (Lipinski definition) is 5. The summed E-state index contributed by atoms with van der Waals surface area (Å²) in [6.45, 7) is 1.92. The van der Waals surface area contributed by atoms with Gasteiger partial charge in [0.25, 0.3) is 0 Å². The largest absolute Gasteiger partial charge is 0.462 e. The molecule has 1 aromatic heterocycles. The van der Waals surface area contributed by atoms with E-state index >= 15 is 0 Å². The molecule has 0 fully saturated rings. The van der Waals surface area contributed by atoms with Crippen LogP contribution in [-0.4, -0.2) is 28.3 Å². The number of nitrogens with one attached hydrogen (secondary N) is 2. The van der Waals surface area contributed by atoms with E-state index in [2.05, 4.69) is 15.3 Å². The third-order valence-electron chi connectivity index (χ3n) is 4.78. The summed E-state index contributed by atoms with van der Waals surface area (Å²) in [5.74, 6) is -1.39. The number of nitrogens with zero attached hydrogens (tertiary/aromatic N) is 1. The van der Waals surface area contributed by atoms with E-state index in [-0.39, 0.29) is 29.3 Å². The number of esters is 1. The lowest BCUT2D eigenvalue weighted by atomic mass is 9.80. The predicted octanol–water partition coefficient (Wildman–Crippen LogP) is 3.86. The Bertz CT molecular complexity index is 1020. The number of aromatic nitrogens is 2. The van der Waals surface area contributed by atoms with Gasteiger partial charge in [0.2, 0.25) is 0 Å². The quantitative estimate of drug-likeness (QED) is 0.673. The van der Waals surface area contributed by atoms with Crippen LogP contribution >= 0.6 is 0 Å². The Labute approximate surface area is 160 Å². The Balaban J connectivity index is 1.85. The van der Waals surface area contributed by atoms with Crippen molar-refractivity contribution < 1.29 is 18.7 Å². The average Bonchev–Trinajstić information content (AvgIpc) is 3.22. The first-order valence-corrected chi connectivity index (χ1v) is 8.95. The van der Waals surface area contributed by atoms with E-state index in [0.29, 0.717) is 11.5 Å². The molecule has 2 N–H and O–H groups in total. The predicted molar refractivity (Wildman–Crippen MR) is 101 cm³/mol. The highest BCUT2D eigenvalue weighted by Crippen LogP contribution is 2.42. The van der Waals surface area contributed by atoms with Crippen molar-refractivity contribution in [3.8, 4) is 0 Å². The average molecular weight is 379 g/mol. The first-order chi connectivity index (χ1) is 13.6. The molecule has 28 heavy (non-hydrogen) atoms. The topological polar surface area (TPSA) is 84.1 Å². The second-order valence-corrected chi connectivity index (χ2v) is 6.44. The minimum absolute atomic E-state index is 0.212. The van der Waals surface area contributed by atoms with Gasteiger partial charge in [-0.05, 0) is 36.8 Å². The molecule has 3 aromatic rings. The lowest BCUT2D eigenvalue weighted by Gasteiger charge is -2.33. The van der Waals surface area contributed by atoms with Crippen molar-refractivity contribution in [3.63, 3.8) is 0 Å². The fourth-order valence-corrected chi connectivity index (χ4v) is 3.55. The molecule has 2 heterocycles. The smallest absolute Gasteiger partial charge is 0.338 e. The molecule has 7 heteroatoms. The van der Waals surface area contributed by atoms with Crippen LogP contribution in [0.3, 0.4) is 0 Å². The number of hydrogen-bond donors (Lipinski definition) is 2. The minimum atomic E-state index is -0.705. The highest BCUT2D eigenvalue weighted by molar-refractivity contribution is 6.14. The molecule has 4 rings (SSSR count). The van der Waals surface area contributed by atoms with Crippen LogP contribution in [0, 0.1) is 5.82 Å². The number of benzene rings is 2. The summed E-state index contributed by atoms with van der Waals surface area (Å²) in [6, 6.07) is 10.5. The van der Waals surface area contributed by atoms with E-state index in [1.54, 1.807) is 49.6 Å². The number of anilines is 1. The van der Waals surface area contributed by atoms with Crippen molar-refractivity contribution in [2.45, 2.75) is 18.9 Å². The van der Waals surface area contributed by atoms with Crippen molar-refractivity contribution in [2.24, 2.45) is 0 Å². The summed E-state index contributed by atoms with van der Waals surface area (Å²) in [6.07, 6.45) is 3.20. The van der Waals surface area contributed by atoms with Crippen LogP contribution in [0.1, 0.15) is 51.0 Å². The SMILES string of the molecule is CCOC(=O)c1cccc2c1C(=O)C(c1ncc[nH]1)C(c1ccc(F)cc1)N2.